The van der Waals surface area contributed by atoms with Crippen LogP contribution in [0.3, 0.4) is 0 Å². The van der Waals surface area contributed by atoms with Crippen LogP contribution in [0.15, 0.2) is 18.3 Å². The molecule has 0 radical (unpaired) electrons. The molecule has 1 fully saturated rings. The van der Waals surface area contributed by atoms with Crippen molar-refractivity contribution in [2.75, 3.05) is 25.5 Å². The minimum atomic E-state index is -0.0256. The van der Waals surface area contributed by atoms with Crippen LogP contribution in [-0.4, -0.2) is 48.0 Å². The van der Waals surface area contributed by atoms with Crippen LogP contribution >= 0.6 is 0 Å². The van der Waals surface area contributed by atoms with Gasteiger partial charge in [0.25, 0.3) is 5.91 Å². The van der Waals surface area contributed by atoms with E-state index in [1.807, 2.05) is 19.1 Å². The highest BCUT2D eigenvalue weighted by atomic mass is 16.1. The van der Waals surface area contributed by atoms with Crippen molar-refractivity contribution in [2.24, 2.45) is 0 Å². The van der Waals surface area contributed by atoms with Crippen molar-refractivity contribution in [3.8, 4) is 0 Å². The molecule has 110 valence electrons. The lowest BCUT2D eigenvalue weighted by molar-refractivity contribution is 0.0896. The zero-order chi connectivity index (χ0) is 14.5. The molecule has 20 heavy (non-hydrogen) atoms. The van der Waals surface area contributed by atoms with Crippen molar-refractivity contribution in [2.45, 2.75) is 38.8 Å². The molecule has 2 heterocycles. The maximum atomic E-state index is 12.2. The smallest absolute Gasteiger partial charge is 0.253 e. The molecular formula is C15H24N4O. The van der Waals surface area contributed by atoms with Crippen molar-refractivity contribution < 1.29 is 4.79 Å². The molecule has 1 aliphatic heterocycles. The highest BCUT2D eigenvalue weighted by Gasteiger charge is 2.24. The molecule has 0 saturated carbocycles. The zero-order valence-electron chi connectivity index (χ0n) is 12.5. The minimum absolute atomic E-state index is 0.0256. The molecule has 0 aliphatic carbocycles. The number of aromatic nitrogens is 1. The molecule has 0 spiro atoms. The van der Waals surface area contributed by atoms with E-state index < -0.39 is 0 Å². The molecule has 5 heteroatoms. The monoisotopic (exact) mass is 276 g/mol. The molecule has 1 aliphatic rings. The quantitative estimate of drug-likeness (QED) is 0.879. The molecule has 2 rings (SSSR count). The third kappa shape index (κ3) is 3.70. The molecule has 1 aromatic heterocycles. The predicted octanol–water partition coefficient (Wildman–Crippen LogP) is 1.73. The number of rotatable bonds is 4. The molecule has 0 bridgehead atoms. The lowest BCUT2D eigenvalue weighted by atomic mass is 9.98. The van der Waals surface area contributed by atoms with E-state index in [9.17, 15) is 4.79 Å². The van der Waals surface area contributed by atoms with Gasteiger partial charge in [0.05, 0.1) is 5.56 Å². The Balaban J connectivity index is 1.91. The highest BCUT2D eigenvalue weighted by Crippen LogP contribution is 2.16. The fraction of sp³-hybridized carbons (Fsp3) is 0.600. The molecule has 1 aromatic rings. The first-order chi connectivity index (χ1) is 9.60. The van der Waals surface area contributed by atoms with E-state index in [2.05, 4.69) is 34.5 Å². The summed E-state index contributed by atoms with van der Waals surface area (Å²) in [7, 11) is 2.13. The Kier molecular flexibility index (Phi) is 4.95. The van der Waals surface area contributed by atoms with Gasteiger partial charge in [0.15, 0.2) is 0 Å². The molecule has 2 N–H and O–H groups in total. The van der Waals surface area contributed by atoms with E-state index >= 15 is 0 Å². The summed E-state index contributed by atoms with van der Waals surface area (Å²) in [5.41, 5.74) is 0.623. The number of amides is 1. The van der Waals surface area contributed by atoms with Crippen molar-refractivity contribution in [1.82, 2.24) is 15.2 Å². The van der Waals surface area contributed by atoms with E-state index in [0.717, 1.165) is 31.7 Å². The standard InChI is InChI=1S/C15H24N4O/c1-4-16-14-6-5-12(10-17-14)15(20)18-13-7-8-19(3)11(2)9-13/h5-6,10-11,13H,4,7-9H2,1-3H3,(H,16,17)(H,18,20). The fourth-order valence-electron chi connectivity index (χ4n) is 2.50. The first-order valence-electron chi connectivity index (χ1n) is 7.31. The average molecular weight is 276 g/mol. The summed E-state index contributed by atoms with van der Waals surface area (Å²) in [6, 6.07) is 4.44. The summed E-state index contributed by atoms with van der Waals surface area (Å²) in [5, 5.41) is 6.23. The molecule has 2 atom stereocenters. The van der Waals surface area contributed by atoms with Gasteiger partial charge in [0.2, 0.25) is 0 Å². The van der Waals surface area contributed by atoms with Gasteiger partial charge in [-0.1, -0.05) is 0 Å². The Morgan fingerprint density at radius 3 is 2.90 bits per heavy atom. The number of anilines is 1. The normalized spacial score (nSPS) is 23.4. The van der Waals surface area contributed by atoms with Crippen molar-refractivity contribution in [1.29, 1.82) is 0 Å². The first-order valence-corrected chi connectivity index (χ1v) is 7.31. The summed E-state index contributed by atoms with van der Waals surface area (Å²) >= 11 is 0. The maximum Gasteiger partial charge on any atom is 0.253 e. The van der Waals surface area contributed by atoms with Crippen LogP contribution in [0.1, 0.15) is 37.0 Å². The third-order valence-electron chi connectivity index (χ3n) is 3.93. The molecule has 5 nitrogen and oxygen atoms in total. The van der Waals surface area contributed by atoms with Crippen LogP contribution in [0.25, 0.3) is 0 Å². The Morgan fingerprint density at radius 1 is 1.50 bits per heavy atom. The number of pyridine rings is 1. The number of hydrogen-bond donors (Lipinski definition) is 2. The number of carbonyl (C=O) groups excluding carboxylic acids is 1. The van der Waals surface area contributed by atoms with E-state index in [-0.39, 0.29) is 11.9 Å². The average Bonchev–Trinajstić information content (AvgIpc) is 2.44. The largest absolute Gasteiger partial charge is 0.370 e. The topological polar surface area (TPSA) is 57.3 Å². The summed E-state index contributed by atoms with van der Waals surface area (Å²) in [6.45, 7) is 6.07. The van der Waals surface area contributed by atoms with Gasteiger partial charge >= 0.3 is 0 Å². The molecular weight excluding hydrogens is 252 g/mol. The third-order valence-corrected chi connectivity index (χ3v) is 3.93. The number of carbonyl (C=O) groups is 1. The van der Waals surface area contributed by atoms with Crippen molar-refractivity contribution in [3.05, 3.63) is 23.9 Å². The van der Waals surface area contributed by atoms with E-state index in [1.165, 1.54) is 0 Å². The summed E-state index contributed by atoms with van der Waals surface area (Å²) < 4.78 is 0. The van der Waals surface area contributed by atoms with Crippen LogP contribution in [0, 0.1) is 0 Å². The van der Waals surface area contributed by atoms with Gasteiger partial charge in [-0.2, -0.15) is 0 Å². The fourth-order valence-corrected chi connectivity index (χ4v) is 2.50. The second-order valence-electron chi connectivity index (χ2n) is 5.49. The SMILES string of the molecule is CCNc1ccc(C(=O)NC2CCN(C)C(C)C2)cn1. The Bertz CT molecular complexity index is 446. The minimum Gasteiger partial charge on any atom is -0.370 e. The van der Waals surface area contributed by atoms with E-state index in [1.54, 1.807) is 6.20 Å². The van der Waals surface area contributed by atoms with Crippen LogP contribution in [0.5, 0.6) is 0 Å². The molecule has 1 amide bonds. The number of hydrogen-bond acceptors (Lipinski definition) is 4. The lowest BCUT2D eigenvalue weighted by Crippen LogP contribution is -2.47. The lowest BCUT2D eigenvalue weighted by Gasteiger charge is -2.35. The molecule has 0 aromatic carbocycles. The summed E-state index contributed by atoms with van der Waals surface area (Å²) in [5.74, 6) is 0.777. The Labute approximate surface area is 120 Å². The van der Waals surface area contributed by atoms with Crippen molar-refractivity contribution in [3.63, 3.8) is 0 Å². The highest BCUT2D eigenvalue weighted by molar-refractivity contribution is 5.94. The summed E-state index contributed by atoms with van der Waals surface area (Å²) in [6.07, 6.45) is 3.65. The Morgan fingerprint density at radius 2 is 2.30 bits per heavy atom. The van der Waals surface area contributed by atoms with E-state index in [4.69, 9.17) is 0 Å². The molecule has 1 saturated heterocycles. The molecule has 2 unspecified atom stereocenters. The first kappa shape index (κ1) is 14.8. The van der Waals surface area contributed by atoms with Crippen LogP contribution in [0.2, 0.25) is 0 Å². The predicted molar refractivity (Wildman–Crippen MR) is 81.0 cm³/mol. The van der Waals surface area contributed by atoms with Crippen molar-refractivity contribution >= 4 is 11.7 Å². The van der Waals surface area contributed by atoms with Gasteiger partial charge in [-0.15, -0.1) is 0 Å². The number of nitrogens with one attached hydrogen (secondary N) is 2. The van der Waals surface area contributed by atoms with Gasteiger partial charge in [-0.05, 0) is 45.9 Å². The van der Waals surface area contributed by atoms with Gasteiger partial charge in [-0.3, -0.25) is 4.79 Å². The zero-order valence-corrected chi connectivity index (χ0v) is 12.5. The van der Waals surface area contributed by atoms with Gasteiger partial charge in [0, 0.05) is 31.4 Å². The van der Waals surface area contributed by atoms with E-state index in [0.29, 0.717) is 11.6 Å². The van der Waals surface area contributed by atoms with Gasteiger partial charge in [0.1, 0.15) is 5.82 Å². The van der Waals surface area contributed by atoms with Gasteiger partial charge < -0.3 is 15.5 Å². The number of nitrogens with zero attached hydrogens (tertiary/aromatic N) is 2. The van der Waals surface area contributed by atoms with Crippen LogP contribution in [0.4, 0.5) is 5.82 Å². The maximum absolute atomic E-state index is 12.2. The van der Waals surface area contributed by atoms with Crippen LogP contribution in [-0.2, 0) is 0 Å². The number of piperidine rings is 1. The Hall–Kier alpha value is -1.62. The second-order valence-corrected chi connectivity index (χ2v) is 5.49. The van der Waals surface area contributed by atoms with Gasteiger partial charge in [-0.25, -0.2) is 4.98 Å². The summed E-state index contributed by atoms with van der Waals surface area (Å²) in [4.78, 5) is 18.7. The second kappa shape index (κ2) is 6.70. The van der Waals surface area contributed by atoms with Crippen LogP contribution < -0.4 is 10.6 Å². The number of likely N-dealkylation sites (tertiary alicyclic amines) is 1.